The van der Waals surface area contributed by atoms with Gasteiger partial charge in [-0.25, -0.2) is 0 Å². The lowest BCUT2D eigenvalue weighted by Gasteiger charge is -2.22. The Hall–Kier alpha value is -4.02. The second-order valence-corrected chi connectivity index (χ2v) is 9.70. The van der Waals surface area contributed by atoms with Crippen LogP contribution in [0.15, 0.2) is 93.0 Å². The smallest absolute Gasteiger partial charge is 0.339 e. The maximum atomic E-state index is 13.1. The molecule has 0 radical (unpaired) electrons. The Morgan fingerprint density at radius 3 is 2.33 bits per heavy atom. The number of nitrogens with one attached hydrogen (secondary N) is 1. The molecule has 2 aromatic heterocycles. The van der Waals surface area contributed by atoms with Gasteiger partial charge in [0, 0.05) is 23.2 Å². The molecule has 0 fully saturated rings. The highest BCUT2D eigenvalue weighted by atomic mass is 35.5. The van der Waals surface area contributed by atoms with E-state index in [1.54, 1.807) is 18.2 Å². The molecule has 0 spiro atoms. The van der Waals surface area contributed by atoms with E-state index >= 15 is 0 Å². The minimum absolute atomic E-state index is 0.00188. The van der Waals surface area contributed by atoms with Crippen LogP contribution in [0.2, 0.25) is 5.02 Å². The largest absolute Gasteiger partial charge is 0.467 e. The van der Waals surface area contributed by atoms with Gasteiger partial charge < -0.3 is 23.2 Å². The van der Waals surface area contributed by atoms with Gasteiger partial charge in [-0.3, -0.25) is 9.59 Å². The van der Waals surface area contributed by atoms with Crippen LogP contribution in [0.4, 0.5) is 5.69 Å². The van der Waals surface area contributed by atoms with E-state index < -0.39 is 16.0 Å². The van der Waals surface area contributed by atoms with E-state index in [9.17, 15) is 18.0 Å². The average molecular weight is 529 g/mol. The molecule has 0 aliphatic rings. The van der Waals surface area contributed by atoms with Gasteiger partial charge in [0.25, 0.3) is 5.91 Å². The van der Waals surface area contributed by atoms with Crippen molar-refractivity contribution in [3.8, 4) is 5.75 Å². The van der Waals surface area contributed by atoms with E-state index in [0.29, 0.717) is 22.0 Å². The highest BCUT2D eigenvalue weighted by Gasteiger charge is 2.24. The van der Waals surface area contributed by atoms with E-state index in [2.05, 4.69) is 5.32 Å². The Bertz CT molecular complexity index is 1450. The standard InChI is InChI=1S/C25H21ClN2O7S/c1-17(29)27-20-7-9-22(10-8-20)36(31,32)35-23-11-6-19(26)14-18(23)15-28(16-21-4-2-12-33-21)25(30)24-5-3-13-34-24/h2-14H,15-16H2,1H3,(H,27,29). The van der Waals surface area contributed by atoms with Crippen LogP contribution < -0.4 is 9.50 Å². The molecule has 2 heterocycles. The third-order valence-corrected chi connectivity index (χ3v) is 6.48. The summed E-state index contributed by atoms with van der Waals surface area (Å²) in [6.07, 6.45) is 2.87. The van der Waals surface area contributed by atoms with Crippen LogP contribution in [0.3, 0.4) is 0 Å². The number of nitrogens with zero attached hydrogens (tertiary/aromatic N) is 1. The van der Waals surface area contributed by atoms with Crippen molar-refractivity contribution in [3.05, 3.63) is 101 Å². The van der Waals surface area contributed by atoms with E-state index in [4.69, 9.17) is 24.6 Å². The number of rotatable bonds is 9. The Kier molecular flexibility index (Phi) is 7.47. The van der Waals surface area contributed by atoms with Crippen LogP contribution >= 0.6 is 11.6 Å². The van der Waals surface area contributed by atoms with Crippen molar-refractivity contribution in [2.45, 2.75) is 24.9 Å². The zero-order chi connectivity index (χ0) is 25.7. The maximum Gasteiger partial charge on any atom is 0.339 e. The van der Waals surface area contributed by atoms with Gasteiger partial charge in [-0.2, -0.15) is 8.42 Å². The van der Waals surface area contributed by atoms with Crippen LogP contribution in [0.5, 0.6) is 5.75 Å². The monoisotopic (exact) mass is 528 g/mol. The third-order valence-electron chi connectivity index (χ3n) is 4.99. The Morgan fingerprint density at radius 2 is 1.69 bits per heavy atom. The van der Waals surface area contributed by atoms with E-state index in [-0.39, 0.29) is 35.4 Å². The normalized spacial score (nSPS) is 11.2. The number of benzene rings is 2. The number of anilines is 1. The first kappa shape index (κ1) is 25.1. The number of halogens is 1. The first-order valence-electron chi connectivity index (χ1n) is 10.7. The summed E-state index contributed by atoms with van der Waals surface area (Å²) in [5.74, 6) is -0.0825. The Labute approximate surface area is 212 Å². The third kappa shape index (κ3) is 6.15. The summed E-state index contributed by atoms with van der Waals surface area (Å²) in [7, 11) is -4.24. The molecule has 1 N–H and O–H groups in total. The molecule has 0 saturated carbocycles. The van der Waals surface area contributed by atoms with Crippen LogP contribution in [0.25, 0.3) is 0 Å². The van der Waals surface area contributed by atoms with Crippen molar-refractivity contribution in [2.75, 3.05) is 5.32 Å². The molecule has 4 aromatic rings. The predicted molar refractivity (Wildman–Crippen MR) is 131 cm³/mol. The van der Waals surface area contributed by atoms with Crippen molar-refractivity contribution in [1.82, 2.24) is 4.90 Å². The summed E-state index contributed by atoms with van der Waals surface area (Å²) < 4.78 is 42.1. The second kappa shape index (κ2) is 10.7. The van der Waals surface area contributed by atoms with Gasteiger partial charge in [0.2, 0.25) is 5.91 Å². The molecule has 0 atom stereocenters. The fourth-order valence-corrected chi connectivity index (χ4v) is 4.54. The fraction of sp³-hybridized carbons (Fsp3) is 0.120. The zero-order valence-corrected chi connectivity index (χ0v) is 20.6. The van der Waals surface area contributed by atoms with Crippen LogP contribution in [0, 0.1) is 0 Å². The molecule has 9 nitrogen and oxygen atoms in total. The molecular weight excluding hydrogens is 508 g/mol. The summed E-state index contributed by atoms with van der Waals surface area (Å²) in [6.45, 7) is 1.39. The average Bonchev–Trinajstić information content (AvgIpc) is 3.54. The van der Waals surface area contributed by atoms with Crippen molar-refractivity contribution in [3.63, 3.8) is 0 Å². The van der Waals surface area contributed by atoms with E-state index in [1.807, 2.05) is 0 Å². The lowest BCUT2D eigenvalue weighted by atomic mass is 10.1. The van der Waals surface area contributed by atoms with E-state index in [0.717, 1.165) is 0 Å². The summed E-state index contributed by atoms with van der Waals surface area (Å²) in [6, 6.07) is 16.5. The van der Waals surface area contributed by atoms with Gasteiger partial charge in [0.15, 0.2) is 5.76 Å². The number of hydrogen-bond donors (Lipinski definition) is 1. The summed E-state index contributed by atoms with van der Waals surface area (Å²) in [5.41, 5.74) is 0.797. The minimum atomic E-state index is -4.24. The zero-order valence-electron chi connectivity index (χ0n) is 19.0. The van der Waals surface area contributed by atoms with Crippen molar-refractivity contribution in [2.24, 2.45) is 0 Å². The minimum Gasteiger partial charge on any atom is -0.467 e. The quantitative estimate of drug-likeness (QED) is 0.300. The molecule has 0 unspecified atom stereocenters. The molecule has 2 amide bonds. The fourth-order valence-electron chi connectivity index (χ4n) is 3.38. The first-order valence-corrected chi connectivity index (χ1v) is 12.5. The number of carbonyl (C=O) groups is 2. The molecule has 11 heteroatoms. The Morgan fingerprint density at radius 1 is 0.972 bits per heavy atom. The lowest BCUT2D eigenvalue weighted by Crippen LogP contribution is -2.30. The van der Waals surface area contributed by atoms with Gasteiger partial charge in [0.05, 0.1) is 25.6 Å². The summed E-state index contributed by atoms with van der Waals surface area (Å²) in [4.78, 5) is 25.6. The number of amides is 2. The van der Waals surface area contributed by atoms with Crippen molar-refractivity contribution >= 4 is 39.2 Å². The first-order chi connectivity index (χ1) is 17.2. The number of carbonyl (C=O) groups excluding carboxylic acids is 2. The molecule has 4 rings (SSSR count). The predicted octanol–water partition coefficient (Wildman–Crippen LogP) is 5.09. The van der Waals surface area contributed by atoms with Crippen molar-refractivity contribution < 1.29 is 31.0 Å². The van der Waals surface area contributed by atoms with Gasteiger partial charge >= 0.3 is 10.1 Å². The van der Waals surface area contributed by atoms with Crippen LogP contribution in [0.1, 0.15) is 28.8 Å². The topological polar surface area (TPSA) is 119 Å². The van der Waals surface area contributed by atoms with Gasteiger partial charge in [-0.05, 0) is 66.7 Å². The molecule has 0 bridgehead atoms. The molecule has 0 aliphatic heterocycles. The van der Waals surface area contributed by atoms with Crippen LogP contribution in [-0.2, 0) is 28.0 Å². The number of hydrogen-bond acceptors (Lipinski definition) is 7. The van der Waals surface area contributed by atoms with Gasteiger partial charge in [0.1, 0.15) is 16.4 Å². The SMILES string of the molecule is CC(=O)Nc1ccc(S(=O)(=O)Oc2ccc(Cl)cc2CN(Cc2ccco2)C(=O)c2ccco2)cc1. The molecule has 2 aromatic carbocycles. The molecule has 36 heavy (non-hydrogen) atoms. The Balaban J connectivity index is 1.62. The highest BCUT2D eigenvalue weighted by molar-refractivity contribution is 7.87. The van der Waals surface area contributed by atoms with Gasteiger partial charge in [-0.1, -0.05) is 11.6 Å². The molecule has 0 saturated heterocycles. The second-order valence-electron chi connectivity index (χ2n) is 7.71. The van der Waals surface area contributed by atoms with E-state index in [1.165, 1.54) is 72.9 Å². The van der Waals surface area contributed by atoms with Gasteiger partial charge in [-0.15, -0.1) is 0 Å². The van der Waals surface area contributed by atoms with Crippen LogP contribution in [-0.4, -0.2) is 25.1 Å². The van der Waals surface area contributed by atoms with Crippen molar-refractivity contribution in [1.29, 1.82) is 0 Å². The summed E-state index contributed by atoms with van der Waals surface area (Å²) in [5, 5.41) is 2.90. The number of furan rings is 2. The molecular formula is C25H21ClN2O7S. The molecule has 186 valence electrons. The highest BCUT2D eigenvalue weighted by Crippen LogP contribution is 2.29. The lowest BCUT2D eigenvalue weighted by molar-refractivity contribution is -0.114. The maximum absolute atomic E-state index is 13.1. The summed E-state index contributed by atoms with van der Waals surface area (Å²) >= 11 is 6.19. The molecule has 0 aliphatic carbocycles.